The summed E-state index contributed by atoms with van der Waals surface area (Å²) in [6.07, 6.45) is -4.93. The van der Waals surface area contributed by atoms with Crippen molar-refractivity contribution < 1.29 is 27.4 Å². The number of ether oxygens (including phenoxy) is 3. The lowest BCUT2D eigenvalue weighted by atomic mass is 10.2. The molecule has 0 spiro atoms. The van der Waals surface area contributed by atoms with Crippen LogP contribution >= 0.6 is 0 Å². The third kappa shape index (κ3) is 3.14. The van der Waals surface area contributed by atoms with Crippen LogP contribution in [0.2, 0.25) is 0 Å². The molecule has 17 heavy (non-hydrogen) atoms. The minimum absolute atomic E-state index is 0.168. The van der Waals surface area contributed by atoms with Crippen LogP contribution in [0.3, 0.4) is 0 Å². The lowest BCUT2D eigenvalue weighted by Gasteiger charge is -2.13. The van der Waals surface area contributed by atoms with Crippen LogP contribution in [0.1, 0.15) is 5.56 Å². The average molecular weight is 248 g/mol. The second-order valence-electron chi connectivity index (χ2n) is 2.71. The predicted octanol–water partition coefficient (Wildman–Crippen LogP) is 1.87. The monoisotopic (exact) mass is 248 g/mol. The number of alkyl halides is 3. The van der Waals surface area contributed by atoms with Crippen LogP contribution in [0.5, 0.6) is 17.5 Å². The number of methoxy groups -OCH3 is 2. The van der Waals surface area contributed by atoms with Crippen molar-refractivity contribution in [2.45, 2.75) is 6.36 Å². The summed E-state index contributed by atoms with van der Waals surface area (Å²) in [4.78, 5) is 3.42. The maximum Gasteiger partial charge on any atom is 0.574 e. The van der Waals surface area contributed by atoms with Gasteiger partial charge in [-0.3, -0.25) is 0 Å². The van der Waals surface area contributed by atoms with E-state index in [2.05, 4.69) is 19.2 Å². The SMILES string of the molecule is COc1cc(C#N)c(OC)c(OC(F)(F)F)n1. The second-order valence-corrected chi connectivity index (χ2v) is 2.71. The maximum atomic E-state index is 12.1. The van der Waals surface area contributed by atoms with Crippen LogP contribution in [-0.4, -0.2) is 25.6 Å². The summed E-state index contributed by atoms with van der Waals surface area (Å²) < 4.78 is 49.2. The molecule has 0 aliphatic heterocycles. The molecule has 0 unspecified atom stereocenters. The molecule has 0 aliphatic rings. The first-order valence-electron chi connectivity index (χ1n) is 4.20. The first-order valence-corrected chi connectivity index (χ1v) is 4.20. The molecule has 0 saturated heterocycles. The third-order valence-corrected chi connectivity index (χ3v) is 1.66. The van der Waals surface area contributed by atoms with Crippen molar-refractivity contribution in [3.8, 4) is 23.6 Å². The summed E-state index contributed by atoms with van der Waals surface area (Å²) in [6.45, 7) is 0. The van der Waals surface area contributed by atoms with Crippen molar-refractivity contribution in [2.24, 2.45) is 0 Å². The van der Waals surface area contributed by atoms with E-state index in [0.717, 1.165) is 13.2 Å². The maximum absolute atomic E-state index is 12.1. The number of halogens is 3. The van der Waals surface area contributed by atoms with Gasteiger partial charge in [-0.2, -0.15) is 10.2 Å². The van der Waals surface area contributed by atoms with E-state index in [-0.39, 0.29) is 11.4 Å². The van der Waals surface area contributed by atoms with Gasteiger partial charge in [0, 0.05) is 6.07 Å². The molecule has 0 saturated carbocycles. The number of aromatic nitrogens is 1. The van der Waals surface area contributed by atoms with E-state index in [4.69, 9.17) is 5.26 Å². The zero-order chi connectivity index (χ0) is 13.1. The topological polar surface area (TPSA) is 64.4 Å². The van der Waals surface area contributed by atoms with Gasteiger partial charge in [-0.15, -0.1) is 13.2 Å². The highest BCUT2D eigenvalue weighted by molar-refractivity contribution is 5.51. The lowest BCUT2D eigenvalue weighted by Crippen LogP contribution is -2.19. The molecule has 0 radical (unpaired) electrons. The van der Waals surface area contributed by atoms with Crippen molar-refractivity contribution in [3.05, 3.63) is 11.6 Å². The van der Waals surface area contributed by atoms with E-state index in [9.17, 15) is 13.2 Å². The van der Waals surface area contributed by atoms with E-state index in [1.165, 1.54) is 7.11 Å². The minimum Gasteiger partial charge on any atom is -0.490 e. The second kappa shape index (κ2) is 4.78. The molecular weight excluding hydrogens is 241 g/mol. The Balaban J connectivity index is 3.30. The molecule has 0 atom stereocenters. The first-order chi connectivity index (χ1) is 7.91. The van der Waals surface area contributed by atoms with Gasteiger partial charge in [0.25, 0.3) is 5.88 Å². The minimum atomic E-state index is -4.93. The van der Waals surface area contributed by atoms with Crippen LogP contribution < -0.4 is 14.2 Å². The molecule has 0 amide bonds. The zero-order valence-corrected chi connectivity index (χ0v) is 8.83. The lowest BCUT2D eigenvalue weighted by molar-refractivity contribution is -0.276. The van der Waals surface area contributed by atoms with Gasteiger partial charge in [-0.05, 0) is 0 Å². The highest BCUT2D eigenvalue weighted by Crippen LogP contribution is 2.35. The third-order valence-electron chi connectivity index (χ3n) is 1.66. The fourth-order valence-electron chi connectivity index (χ4n) is 1.05. The van der Waals surface area contributed by atoms with Crippen LogP contribution in [0, 0.1) is 11.3 Å². The summed E-state index contributed by atoms with van der Waals surface area (Å²) in [5.74, 6) is -1.44. The molecule has 92 valence electrons. The van der Waals surface area contributed by atoms with Gasteiger partial charge in [0.05, 0.1) is 14.2 Å². The van der Waals surface area contributed by atoms with E-state index in [0.29, 0.717) is 0 Å². The number of pyridine rings is 1. The van der Waals surface area contributed by atoms with Crippen LogP contribution in [0.15, 0.2) is 6.07 Å². The molecule has 1 aromatic heterocycles. The quantitative estimate of drug-likeness (QED) is 0.816. The van der Waals surface area contributed by atoms with E-state index in [1.54, 1.807) is 6.07 Å². The highest BCUT2D eigenvalue weighted by atomic mass is 19.4. The molecule has 0 aromatic carbocycles. The van der Waals surface area contributed by atoms with Crippen molar-refractivity contribution in [2.75, 3.05) is 14.2 Å². The average Bonchev–Trinajstić information content (AvgIpc) is 2.25. The fraction of sp³-hybridized carbons (Fsp3) is 0.333. The molecular formula is C9H7F3N2O3. The van der Waals surface area contributed by atoms with Crippen molar-refractivity contribution in [1.82, 2.24) is 4.98 Å². The molecule has 1 heterocycles. The number of hydrogen-bond donors (Lipinski definition) is 0. The van der Waals surface area contributed by atoms with Gasteiger partial charge in [0.2, 0.25) is 5.88 Å². The summed E-state index contributed by atoms with van der Waals surface area (Å²) in [7, 11) is 2.31. The first kappa shape index (κ1) is 12.9. The molecule has 5 nitrogen and oxygen atoms in total. The Labute approximate surface area is 94.3 Å². The van der Waals surface area contributed by atoms with Gasteiger partial charge >= 0.3 is 6.36 Å². The van der Waals surface area contributed by atoms with Crippen LogP contribution in [0.25, 0.3) is 0 Å². The predicted molar refractivity (Wildman–Crippen MR) is 48.7 cm³/mol. The Morgan fingerprint density at radius 1 is 1.29 bits per heavy atom. The molecule has 0 aliphatic carbocycles. The number of rotatable bonds is 3. The smallest absolute Gasteiger partial charge is 0.490 e. The Hall–Kier alpha value is -2.17. The van der Waals surface area contributed by atoms with Gasteiger partial charge in [-0.25, -0.2) is 0 Å². The Morgan fingerprint density at radius 3 is 2.35 bits per heavy atom. The molecule has 8 heteroatoms. The molecule has 0 N–H and O–H groups in total. The summed E-state index contributed by atoms with van der Waals surface area (Å²) in [5, 5.41) is 8.74. The van der Waals surface area contributed by atoms with Gasteiger partial charge in [0.15, 0.2) is 5.75 Å². The van der Waals surface area contributed by atoms with Crippen molar-refractivity contribution in [3.63, 3.8) is 0 Å². The molecule has 1 aromatic rings. The highest BCUT2D eigenvalue weighted by Gasteiger charge is 2.34. The summed E-state index contributed by atoms with van der Waals surface area (Å²) in [6, 6.07) is 2.80. The van der Waals surface area contributed by atoms with E-state index >= 15 is 0 Å². The van der Waals surface area contributed by atoms with Gasteiger partial charge in [0.1, 0.15) is 11.6 Å². The summed E-state index contributed by atoms with van der Waals surface area (Å²) in [5.41, 5.74) is -0.168. The van der Waals surface area contributed by atoms with Crippen molar-refractivity contribution >= 4 is 0 Å². The largest absolute Gasteiger partial charge is 0.574 e. The number of nitriles is 1. The van der Waals surface area contributed by atoms with E-state index < -0.39 is 18.0 Å². The molecule has 1 rings (SSSR count). The fourth-order valence-corrected chi connectivity index (χ4v) is 1.05. The molecule has 0 bridgehead atoms. The van der Waals surface area contributed by atoms with Crippen LogP contribution in [-0.2, 0) is 0 Å². The Kier molecular flexibility index (Phi) is 3.62. The van der Waals surface area contributed by atoms with Gasteiger partial charge in [-0.1, -0.05) is 0 Å². The Bertz CT molecular complexity index is 454. The standard InChI is InChI=1S/C9H7F3N2O3/c1-15-6-3-5(4-13)7(16-2)8(14-6)17-9(10,11)12/h3H,1-2H3. The van der Waals surface area contributed by atoms with E-state index in [1.807, 2.05) is 0 Å². The zero-order valence-electron chi connectivity index (χ0n) is 8.83. The molecule has 0 fully saturated rings. The van der Waals surface area contributed by atoms with Crippen LogP contribution in [0.4, 0.5) is 13.2 Å². The number of hydrogen-bond acceptors (Lipinski definition) is 5. The van der Waals surface area contributed by atoms with Gasteiger partial charge < -0.3 is 14.2 Å². The Morgan fingerprint density at radius 2 is 1.94 bits per heavy atom. The summed E-state index contributed by atoms with van der Waals surface area (Å²) >= 11 is 0. The number of nitrogens with zero attached hydrogens (tertiary/aromatic N) is 2. The van der Waals surface area contributed by atoms with Crippen molar-refractivity contribution in [1.29, 1.82) is 5.26 Å². The normalized spacial score (nSPS) is 10.6.